The molecule has 1 spiro atoms. The van der Waals surface area contributed by atoms with Crippen LogP contribution in [-0.4, -0.2) is 44.3 Å². The molecule has 3 unspecified atom stereocenters. The number of nitrogens with one attached hydrogen (secondary N) is 2. The largest absolute Gasteiger partial charge is 0.354 e. The van der Waals surface area contributed by atoms with Crippen molar-refractivity contribution in [3.05, 3.63) is 230 Å². The summed E-state index contributed by atoms with van der Waals surface area (Å²) in [5, 5.41) is 2.50. The second-order valence-electron chi connectivity index (χ2n) is 18.8. The molecule has 4 aliphatic rings. The number of rotatable bonds is 6. The third-order valence-corrected chi connectivity index (χ3v) is 15.8. The van der Waals surface area contributed by atoms with Gasteiger partial charge in [0, 0.05) is 94.0 Å². The van der Waals surface area contributed by atoms with Crippen molar-refractivity contribution in [2.24, 2.45) is 0 Å². The maximum absolute atomic E-state index is 16.2. The van der Waals surface area contributed by atoms with Crippen LogP contribution in [0.5, 0.6) is 0 Å². The molecular weight excluding hydrogens is 975 g/mol. The molecule has 1 fully saturated rings. The second kappa shape index (κ2) is 17.5. The number of hydrogen-bond acceptors (Lipinski definition) is 4. The zero-order valence-corrected chi connectivity index (χ0v) is 41.7. The van der Waals surface area contributed by atoms with Crippen LogP contribution in [0.3, 0.4) is 0 Å². The lowest BCUT2D eigenvalue weighted by Crippen LogP contribution is -2.50. The number of para-hydroxylation sites is 1. The van der Waals surface area contributed by atoms with E-state index in [0.717, 1.165) is 106 Å². The van der Waals surface area contributed by atoms with Gasteiger partial charge >= 0.3 is 0 Å². The number of carbonyl (C=O) groups excluding carboxylic acids is 1. The van der Waals surface area contributed by atoms with Gasteiger partial charge in [-0.05, 0) is 126 Å². The van der Waals surface area contributed by atoms with Crippen LogP contribution in [0.25, 0.3) is 78.7 Å². The molecule has 7 nitrogen and oxygen atoms in total. The standard InChI is InChI=1S/C61H42Cl4N6O/c1-70-34-44-57(61(70)45-9-5-6-10-52(45)71(60(61)72)33-35-7-3-2-4-8-35)59-56(39-17-25-43(65)26-18-39)51-32-30-49(68-51)54(37-13-21-41(63)22-14-37)47-28-27-46(66-47)53(36-11-19-40(62)20-12-36)48-29-31-50(67-48)55(58(44)69-59)38-15-23-42(64)24-16-38/h2-32,44,57,67-68H,33-34H2,1H3. The first kappa shape index (κ1) is 44.7. The van der Waals surface area contributed by atoms with Crippen LogP contribution in [0.15, 0.2) is 176 Å². The molecule has 4 aliphatic heterocycles. The number of aromatic amines is 2. The second-order valence-corrected chi connectivity index (χ2v) is 20.6. The molecule has 2 N–H and O–H groups in total. The average molecular weight is 1020 g/mol. The summed E-state index contributed by atoms with van der Waals surface area (Å²) in [4.78, 5) is 39.8. The first-order valence-electron chi connectivity index (χ1n) is 23.8. The summed E-state index contributed by atoms with van der Waals surface area (Å²) in [6, 6.07) is 58.6. The number of halogens is 4. The van der Waals surface area contributed by atoms with E-state index in [2.05, 4.69) is 101 Å². The fourth-order valence-corrected chi connectivity index (χ4v) is 12.2. The maximum atomic E-state index is 16.2. The summed E-state index contributed by atoms with van der Waals surface area (Å²) in [7, 11) is 2.10. The van der Waals surface area contributed by atoms with Gasteiger partial charge in [-0.25, -0.2) is 4.98 Å². The predicted octanol–water partition coefficient (Wildman–Crippen LogP) is 16.0. The molecule has 72 heavy (non-hydrogen) atoms. The first-order chi connectivity index (χ1) is 35.1. The Labute approximate surface area is 436 Å². The van der Waals surface area contributed by atoms with Crippen molar-refractivity contribution < 1.29 is 4.79 Å². The van der Waals surface area contributed by atoms with Crippen LogP contribution >= 0.6 is 46.4 Å². The number of carbonyl (C=O) groups is 1. The highest BCUT2D eigenvalue weighted by Crippen LogP contribution is 2.64. The Morgan fingerprint density at radius 3 is 1.44 bits per heavy atom. The van der Waals surface area contributed by atoms with Crippen LogP contribution in [0.2, 0.25) is 20.1 Å². The van der Waals surface area contributed by atoms with E-state index in [4.69, 9.17) is 56.4 Å². The van der Waals surface area contributed by atoms with Gasteiger partial charge in [0.1, 0.15) is 5.54 Å². The third-order valence-electron chi connectivity index (χ3n) is 14.8. The van der Waals surface area contributed by atoms with E-state index in [1.807, 2.05) is 114 Å². The van der Waals surface area contributed by atoms with E-state index in [-0.39, 0.29) is 11.8 Å². The van der Waals surface area contributed by atoms with E-state index >= 15 is 4.79 Å². The Kier molecular flexibility index (Phi) is 10.9. The highest BCUT2D eigenvalue weighted by Gasteiger charge is 2.67. The summed E-state index contributed by atoms with van der Waals surface area (Å²) in [5.41, 5.74) is 15.6. The van der Waals surface area contributed by atoms with Crippen molar-refractivity contribution in [1.29, 1.82) is 0 Å². The number of likely N-dealkylation sites (N-methyl/N-ethyl adjacent to an activating group) is 1. The van der Waals surface area contributed by atoms with E-state index < -0.39 is 11.5 Å². The summed E-state index contributed by atoms with van der Waals surface area (Å²) >= 11 is 26.4. The molecule has 1 saturated heterocycles. The van der Waals surface area contributed by atoms with Crippen LogP contribution in [0, 0.1) is 0 Å². The Bertz CT molecular complexity index is 3850. The topological polar surface area (TPSA) is 80.9 Å². The van der Waals surface area contributed by atoms with Gasteiger partial charge in [-0.2, -0.15) is 0 Å². The minimum absolute atomic E-state index is 0.0126. The van der Waals surface area contributed by atoms with Gasteiger partial charge in [0.05, 0.1) is 29.3 Å². The Balaban J connectivity index is 1.20. The van der Waals surface area contributed by atoms with Crippen molar-refractivity contribution in [2.75, 3.05) is 18.5 Å². The van der Waals surface area contributed by atoms with E-state index in [1.54, 1.807) is 0 Å². The Hall–Kier alpha value is -7.23. The molecule has 3 aromatic heterocycles. The van der Waals surface area contributed by atoms with Gasteiger partial charge in [0.25, 0.3) is 5.91 Å². The minimum atomic E-state index is -1.15. The lowest BCUT2D eigenvalue weighted by molar-refractivity contribution is -0.128. The van der Waals surface area contributed by atoms with Crippen LogP contribution in [-0.2, 0) is 16.9 Å². The number of amides is 1. The molecule has 8 bridgehead atoms. The number of H-pyrrole nitrogens is 2. The van der Waals surface area contributed by atoms with Gasteiger partial charge in [-0.15, -0.1) is 0 Å². The quantitative estimate of drug-likeness (QED) is 0.174. The highest BCUT2D eigenvalue weighted by atomic mass is 35.5. The number of fused-ring (bicyclic) bond motifs is 14. The molecule has 6 aromatic carbocycles. The van der Waals surface area contributed by atoms with Gasteiger partial charge in [-0.3, -0.25) is 14.7 Å². The van der Waals surface area contributed by atoms with Crippen molar-refractivity contribution in [3.8, 4) is 44.5 Å². The molecule has 11 heteroatoms. The normalized spacial score (nSPS) is 18.0. The minimum Gasteiger partial charge on any atom is -0.354 e. The summed E-state index contributed by atoms with van der Waals surface area (Å²) in [5.74, 6) is -0.719. The van der Waals surface area contributed by atoms with Crippen molar-refractivity contribution in [1.82, 2.24) is 24.8 Å². The molecule has 0 aliphatic carbocycles. The lowest BCUT2D eigenvalue weighted by Gasteiger charge is -2.36. The predicted molar refractivity (Wildman–Crippen MR) is 296 cm³/mol. The SMILES string of the molecule is CN1CC2c3nc(c(-c4ccc(Cl)cc4)c4ccc([nH]4)c(-c4ccc(Cl)cc4)c4nc(c(-c5ccc(Cl)cc5)c5ccc([nH]5)c3-c3ccc(Cl)cc3)C=C4)C2C12C(=O)N(Cc1ccccc1)c1ccccc12. The molecular formula is C61H42Cl4N6O. The van der Waals surface area contributed by atoms with Gasteiger partial charge in [-0.1, -0.05) is 143 Å². The molecule has 7 heterocycles. The van der Waals surface area contributed by atoms with Gasteiger partial charge in [0.2, 0.25) is 0 Å². The van der Waals surface area contributed by atoms with E-state index in [9.17, 15) is 0 Å². The number of aromatic nitrogens is 4. The van der Waals surface area contributed by atoms with E-state index in [0.29, 0.717) is 33.2 Å². The average Bonchev–Trinajstić information content (AvgIpc) is 4.28. The zero-order chi connectivity index (χ0) is 48.8. The van der Waals surface area contributed by atoms with Crippen LogP contribution in [0.4, 0.5) is 5.69 Å². The third kappa shape index (κ3) is 7.17. The summed E-state index contributed by atoms with van der Waals surface area (Å²) in [6.45, 7) is 0.957. The number of benzene rings is 6. The summed E-state index contributed by atoms with van der Waals surface area (Å²) in [6.07, 6.45) is 4.15. The fraction of sp³-hybridized carbons (Fsp3) is 0.0984. The maximum Gasteiger partial charge on any atom is 0.253 e. The van der Waals surface area contributed by atoms with Crippen molar-refractivity contribution in [2.45, 2.75) is 23.9 Å². The number of likely N-dealkylation sites (tertiary alicyclic amines) is 1. The van der Waals surface area contributed by atoms with E-state index in [1.165, 1.54) is 0 Å². The lowest BCUT2D eigenvalue weighted by atomic mass is 9.72. The monoisotopic (exact) mass is 1010 g/mol. The molecule has 13 rings (SSSR count). The van der Waals surface area contributed by atoms with Crippen molar-refractivity contribution >= 4 is 92.2 Å². The summed E-state index contributed by atoms with van der Waals surface area (Å²) < 4.78 is 0. The Morgan fingerprint density at radius 1 is 0.514 bits per heavy atom. The molecule has 9 aromatic rings. The van der Waals surface area contributed by atoms with Crippen molar-refractivity contribution in [3.63, 3.8) is 0 Å². The number of anilines is 1. The number of nitrogens with zero attached hydrogens (tertiary/aromatic N) is 4. The smallest absolute Gasteiger partial charge is 0.253 e. The zero-order valence-electron chi connectivity index (χ0n) is 38.7. The van der Waals surface area contributed by atoms with Crippen LogP contribution in [0.1, 0.15) is 45.7 Å². The molecule has 1 amide bonds. The Morgan fingerprint density at radius 2 is 0.944 bits per heavy atom. The molecule has 350 valence electrons. The fourth-order valence-electron chi connectivity index (χ4n) is 11.7. The van der Waals surface area contributed by atoms with Gasteiger partial charge < -0.3 is 14.9 Å². The first-order valence-corrected chi connectivity index (χ1v) is 25.3. The molecule has 0 saturated carbocycles. The van der Waals surface area contributed by atoms with Gasteiger partial charge in [0.15, 0.2) is 0 Å². The number of hydrogen-bond donors (Lipinski definition) is 2. The molecule has 0 radical (unpaired) electrons. The highest BCUT2D eigenvalue weighted by molar-refractivity contribution is 6.31. The van der Waals surface area contributed by atoms with Crippen LogP contribution < -0.4 is 4.90 Å². The molecule has 3 atom stereocenters.